The third-order valence-electron chi connectivity index (χ3n) is 1.69. The van der Waals surface area contributed by atoms with Crippen molar-refractivity contribution in [1.82, 2.24) is 0 Å². The molecule has 0 saturated carbocycles. The summed E-state index contributed by atoms with van der Waals surface area (Å²) in [4.78, 5) is 0. The Morgan fingerprint density at radius 2 is 2.08 bits per heavy atom. The molecule has 4 nitrogen and oxygen atoms in total. The van der Waals surface area contributed by atoms with Crippen LogP contribution in [0.15, 0.2) is 12.1 Å². The molecule has 0 fully saturated rings. The number of phenols is 1. The van der Waals surface area contributed by atoms with Crippen LogP contribution in [0.2, 0.25) is 0 Å². The predicted octanol–water partition coefficient (Wildman–Crippen LogP) is 0.912. The Morgan fingerprint density at radius 3 is 2.62 bits per heavy atom. The van der Waals surface area contributed by atoms with Crippen LogP contribution >= 0.6 is 0 Å². The van der Waals surface area contributed by atoms with Crippen LogP contribution in [0.5, 0.6) is 5.75 Å². The van der Waals surface area contributed by atoms with Crippen LogP contribution in [0.3, 0.4) is 0 Å². The van der Waals surface area contributed by atoms with Gasteiger partial charge in [-0.05, 0) is 12.1 Å². The van der Waals surface area contributed by atoms with Crippen molar-refractivity contribution in [3.63, 3.8) is 0 Å². The Bertz CT molecular complexity index is 412. The number of hydrogen-bond donors (Lipinski definition) is 2. The molecule has 0 unspecified atom stereocenters. The molecule has 0 aromatic heterocycles. The fourth-order valence-electron chi connectivity index (χ4n) is 1.05. The van der Waals surface area contributed by atoms with Crippen LogP contribution in [0, 0.1) is 22.7 Å². The molecule has 0 heterocycles. The van der Waals surface area contributed by atoms with E-state index in [1.165, 1.54) is 12.1 Å². The number of hydrogen-bond acceptors (Lipinski definition) is 4. The van der Waals surface area contributed by atoms with E-state index in [-0.39, 0.29) is 17.7 Å². The summed E-state index contributed by atoms with van der Waals surface area (Å²) in [5.74, 6) is -0.137. The first-order valence-corrected chi connectivity index (χ1v) is 3.58. The first-order valence-electron chi connectivity index (χ1n) is 3.58. The minimum atomic E-state index is -0.137. The summed E-state index contributed by atoms with van der Waals surface area (Å²) in [7, 11) is 0. The van der Waals surface area contributed by atoms with Gasteiger partial charge in [-0.25, -0.2) is 0 Å². The van der Waals surface area contributed by atoms with Crippen LogP contribution in [0.25, 0.3) is 0 Å². The third-order valence-corrected chi connectivity index (χ3v) is 1.69. The molecule has 4 heteroatoms. The van der Waals surface area contributed by atoms with Gasteiger partial charge in [0, 0.05) is 11.3 Å². The molecule has 3 N–H and O–H groups in total. The summed E-state index contributed by atoms with van der Waals surface area (Å²) in [6, 6.07) is 6.51. The molecular formula is C9H7N3O. The van der Waals surface area contributed by atoms with E-state index in [1.807, 2.05) is 12.1 Å². The fourth-order valence-corrected chi connectivity index (χ4v) is 1.05. The van der Waals surface area contributed by atoms with Crippen molar-refractivity contribution < 1.29 is 5.11 Å². The molecule has 0 saturated heterocycles. The lowest BCUT2D eigenvalue weighted by atomic mass is 10.0. The second kappa shape index (κ2) is 3.46. The number of nitriles is 2. The van der Waals surface area contributed by atoms with E-state index < -0.39 is 0 Å². The lowest BCUT2D eigenvalue weighted by molar-refractivity contribution is 0.473. The Hall–Kier alpha value is -2.20. The molecule has 0 amide bonds. The highest BCUT2D eigenvalue weighted by Gasteiger charge is 2.09. The van der Waals surface area contributed by atoms with Gasteiger partial charge in [0.2, 0.25) is 0 Å². The van der Waals surface area contributed by atoms with Gasteiger partial charge < -0.3 is 10.8 Å². The normalized spacial score (nSPS) is 8.77. The quantitative estimate of drug-likeness (QED) is 0.487. The first-order chi connectivity index (χ1) is 6.20. The Morgan fingerprint density at radius 1 is 1.38 bits per heavy atom. The summed E-state index contributed by atoms with van der Waals surface area (Å²) in [5, 5.41) is 26.4. The number of anilines is 1. The van der Waals surface area contributed by atoms with Gasteiger partial charge in [0.25, 0.3) is 0 Å². The van der Waals surface area contributed by atoms with Crippen LogP contribution in [0.4, 0.5) is 5.69 Å². The van der Waals surface area contributed by atoms with Crippen molar-refractivity contribution in [2.75, 3.05) is 5.73 Å². The van der Waals surface area contributed by atoms with Crippen LogP contribution in [0.1, 0.15) is 11.1 Å². The van der Waals surface area contributed by atoms with Crippen molar-refractivity contribution in [3.05, 3.63) is 23.3 Å². The second-order valence-corrected chi connectivity index (χ2v) is 2.47. The molecule has 0 aliphatic rings. The Balaban J connectivity index is 3.39. The fraction of sp³-hybridized carbons (Fsp3) is 0.111. The molecule has 64 valence electrons. The average Bonchev–Trinajstić information content (AvgIpc) is 2.12. The van der Waals surface area contributed by atoms with Crippen molar-refractivity contribution in [1.29, 1.82) is 10.5 Å². The van der Waals surface area contributed by atoms with Gasteiger partial charge in [-0.1, -0.05) is 0 Å². The van der Waals surface area contributed by atoms with Gasteiger partial charge >= 0.3 is 0 Å². The van der Waals surface area contributed by atoms with Crippen LogP contribution in [-0.4, -0.2) is 5.11 Å². The van der Waals surface area contributed by atoms with E-state index in [1.54, 1.807) is 0 Å². The number of benzene rings is 1. The number of phenolic OH excluding ortho intramolecular Hbond substituents is 1. The van der Waals surface area contributed by atoms with Gasteiger partial charge in [-0.3, -0.25) is 0 Å². The van der Waals surface area contributed by atoms with Crippen molar-refractivity contribution in [2.24, 2.45) is 0 Å². The van der Waals surface area contributed by atoms with Crippen molar-refractivity contribution in [3.8, 4) is 17.9 Å². The molecule has 13 heavy (non-hydrogen) atoms. The molecular weight excluding hydrogens is 166 g/mol. The largest absolute Gasteiger partial charge is 0.507 e. The molecule has 1 rings (SSSR count). The molecule has 1 aromatic carbocycles. The number of aromatic hydroxyl groups is 1. The summed E-state index contributed by atoms with van der Waals surface area (Å²) in [5.41, 5.74) is 6.37. The van der Waals surface area contributed by atoms with Gasteiger partial charge in [0.1, 0.15) is 11.8 Å². The van der Waals surface area contributed by atoms with Crippen molar-refractivity contribution >= 4 is 5.69 Å². The minimum Gasteiger partial charge on any atom is -0.507 e. The number of rotatable bonds is 1. The molecule has 0 atom stereocenters. The van der Waals surface area contributed by atoms with Gasteiger partial charge in [0.05, 0.1) is 18.1 Å². The van der Waals surface area contributed by atoms with E-state index in [0.29, 0.717) is 11.3 Å². The summed E-state index contributed by atoms with van der Waals surface area (Å²) in [6.45, 7) is 0. The Labute approximate surface area is 75.4 Å². The first kappa shape index (κ1) is 8.89. The Kier molecular flexibility index (Phi) is 2.37. The molecule has 1 aromatic rings. The lowest BCUT2D eigenvalue weighted by Gasteiger charge is -2.04. The zero-order valence-electron chi connectivity index (χ0n) is 6.78. The van der Waals surface area contributed by atoms with Crippen molar-refractivity contribution in [2.45, 2.75) is 6.42 Å². The number of nitrogens with two attached hydrogens (primary N) is 1. The van der Waals surface area contributed by atoms with Crippen LogP contribution < -0.4 is 5.73 Å². The van der Waals surface area contributed by atoms with E-state index in [2.05, 4.69) is 0 Å². The van der Waals surface area contributed by atoms with E-state index in [4.69, 9.17) is 16.3 Å². The molecule has 0 bridgehead atoms. The third kappa shape index (κ3) is 1.52. The molecule has 0 spiro atoms. The zero-order valence-corrected chi connectivity index (χ0v) is 6.78. The van der Waals surface area contributed by atoms with E-state index in [9.17, 15) is 5.11 Å². The maximum atomic E-state index is 9.25. The topological polar surface area (TPSA) is 93.8 Å². The number of nitrogens with zero attached hydrogens (tertiary/aromatic N) is 2. The average molecular weight is 173 g/mol. The second-order valence-electron chi connectivity index (χ2n) is 2.47. The highest BCUT2D eigenvalue weighted by atomic mass is 16.3. The monoisotopic (exact) mass is 173 g/mol. The zero-order chi connectivity index (χ0) is 9.84. The number of nitrogen functional groups attached to an aromatic ring is 1. The van der Waals surface area contributed by atoms with E-state index in [0.717, 1.165) is 0 Å². The van der Waals surface area contributed by atoms with Gasteiger partial charge in [0.15, 0.2) is 0 Å². The lowest BCUT2D eigenvalue weighted by Crippen LogP contribution is -1.97. The molecule has 0 aliphatic heterocycles. The summed E-state index contributed by atoms with van der Waals surface area (Å²) < 4.78 is 0. The molecule has 0 radical (unpaired) electrons. The highest BCUT2D eigenvalue weighted by molar-refractivity contribution is 5.61. The molecule has 0 aliphatic carbocycles. The minimum absolute atomic E-state index is 0.0309. The standard InChI is InChI=1S/C9H7N3O/c10-4-3-6-7(5-11)9(13)2-1-8(6)12/h1-2,13H,3,12H2. The maximum Gasteiger partial charge on any atom is 0.133 e. The van der Waals surface area contributed by atoms with E-state index >= 15 is 0 Å². The smallest absolute Gasteiger partial charge is 0.133 e. The predicted molar refractivity (Wildman–Crippen MR) is 46.6 cm³/mol. The van der Waals surface area contributed by atoms with Crippen LogP contribution in [-0.2, 0) is 6.42 Å². The highest BCUT2D eigenvalue weighted by Crippen LogP contribution is 2.25. The summed E-state index contributed by atoms with van der Waals surface area (Å²) in [6.07, 6.45) is 0.0309. The van der Waals surface area contributed by atoms with Gasteiger partial charge in [-0.15, -0.1) is 0 Å². The summed E-state index contributed by atoms with van der Waals surface area (Å²) >= 11 is 0. The SMILES string of the molecule is N#CCc1c(N)ccc(O)c1C#N. The maximum absolute atomic E-state index is 9.25. The van der Waals surface area contributed by atoms with Gasteiger partial charge in [-0.2, -0.15) is 10.5 Å².